The van der Waals surface area contributed by atoms with Crippen LogP contribution in [-0.2, 0) is 6.54 Å². The van der Waals surface area contributed by atoms with Gasteiger partial charge in [0.1, 0.15) is 11.6 Å². The lowest BCUT2D eigenvalue weighted by Crippen LogP contribution is -2.29. The Kier molecular flexibility index (Phi) is 4.99. The molecule has 0 fully saturated rings. The monoisotopic (exact) mass is 233 g/mol. The van der Waals surface area contributed by atoms with Crippen LogP contribution in [0.4, 0.5) is 8.78 Å². The molecular formula is C11H14ClF2N. The summed E-state index contributed by atoms with van der Waals surface area (Å²) >= 11 is 5.69. The van der Waals surface area contributed by atoms with Gasteiger partial charge in [0, 0.05) is 24.5 Å². The second-order valence-corrected chi connectivity index (χ2v) is 3.73. The van der Waals surface area contributed by atoms with E-state index in [-0.39, 0.29) is 6.04 Å². The molecule has 1 atom stereocenters. The Balaban J connectivity index is 2.57. The molecule has 1 aromatic carbocycles. The van der Waals surface area contributed by atoms with Gasteiger partial charge in [0.25, 0.3) is 0 Å². The van der Waals surface area contributed by atoms with Crippen molar-refractivity contribution in [2.45, 2.75) is 25.9 Å². The molecule has 0 aliphatic carbocycles. The van der Waals surface area contributed by atoms with Crippen LogP contribution in [0.2, 0.25) is 0 Å². The lowest BCUT2D eigenvalue weighted by atomic mass is 10.2. The molecule has 0 spiro atoms. The van der Waals surface area contributed by atoms with Crippen molar-refractivity contribution in [3.8, 4) is 0 Å². The molecule has 0 aromatic heterocycles. The Labute approximate surface area is 93.4 Å². The molecule has 0 saturated heterocycles. The second kappa shape index (κ2) is 6.03. The average molecular weight is 234 g/mol. The lowest BCUT2D eigenvalue weighted by Gasteiger charge is -2.13. The number of hydrogen-bond donors (Lipinski definition) is 1. The fourth-order valence-electron chi connectivity index (χ4n) is 1.28. The highest BCUT2D eigenvalue weighted by Crippen LogP contribution is 2.08. The van der Waals surface area contributed by atoms with E-state index in [1.165, 1.54) is 12.1 Å². The zero-order valence-corrected chi connectivity index (χ0v) is 9.32. The van der Waals surface area contributed by atoms with E-state index >= 15 is 0 Å². The smallest absolute Gasteiger partial charge is 0.126 e. The minimum absolute atomic E-state index is 0.179. The van der Waals surface area contributed by atoms with Crippen LogP contribution in [0, 0.1) is 11.6 Å². The number of halogens is 3. The van der Waals surface area contributed by atoms with E-state index in [0.717, 1.165) is 12.5 Å². The van der Waals surface area contributed by atoms with Crippen LogP contribution in [0.25, 0.3) is 0 Å². The van der Waals surface area contributed by atoms with Crippen LogP contribution in [0.1, 0.15) is 18.9 Å². The van der Waals surface area contributed by atoms with Gasteiger partial charge in [-0.25, -0.2) is 8.78 Å². The van der Waals surface area contributed by atoms with Gasteiger partial charge >= 0.3 is 0 Å². The van der Waals surface area contributed by atoms with Gasteiger partial charge in [0.15, 0.2) is 0 Å². The highest BCUT2D eigenvalue weighted by atomic mass is 35.5. The molecule has 84 valence electrons. The van der Waals surface area contributed by atoms with Crippen LogP contribution >= 0.6 is 11.6 Å². The van der Waals surface area contributed by atoms with Gasteiger partial charge in [-0.1, -0.05) is 6.92 Å². The maximum absolute atomic E-state index is 12.8. The summed E-state index contributed by atoms with van der Waals surface area (Å²) in [7, 11) is 0. The third-order valence-electron chi connectivity index (χ3n) is 2.20. The Morgan fingerprint density at radius 1 is 1.27 bits per heavy atom. The Morgan fingerprint density at radius 3 is 2.33 bits per heavy atom. The number of rotatable bonds is 5. The maximum Gasteiger partial charge on any atom is 0.126 e. The summed E-state index contributed by atoms with van der Waals surface area (Å²) in [4.78, 5) is 0. The van der Waals surface area contributed by atoms with Crippen molar-refractivity contribution in [2.24, 2.45) is 0 Å². The summed E-state index contributed by atoms with van der Waals surface area (Å²) in [5, 5.41) is 3.12. The molecule has 15 heavy (non-hydrogen) atoms. The third kappa shape index (κ3) is 4.14. The van der Waals surface area contributed by atoms with E-state index in [2.05, 4.69) is 5.32 Å². The SMILES string of the molecule is CCC(CCl)NCc1cc(F)cc(F)c1. The van der Waals surface area contributed by atoms with Gasteiger partial charge in [0.05, 0.1) is 0 Å². The average Bonchev–Trinajstić information content (AvgIpc) is 2.18. The first-order valence-corrected chi connectivity index (χ1v) is 5.43. The predicted molar refractivity (Wildman–Crippen MR) is 58.0 cm³/mol. The minimum atomic E-state index is -0.550. The first kappa shape index (κ1) is 12.4. The predicted octanol–water partition coefficient (Wildman–Crippen LogP) is 3.07. The van der Waals surface area contributed by atoms with Gasteiger partial charge in [-0.3, -0.25) is 0 Å². The maximum atomic E-state index is 12.8. The summed E-state index contributed by atoms with van der Waals surface area (Å²) in [5.41, 5.74) is 0.594. The molecule has 0 amide bonds. The van der Waals surface area contributed by atoms with Crippen molar-refractivity contribution in [3.63, 3.8) is 0 Å². The van der Waals surface area contributed by atoms with Gasteiger partial charge in [0.2, 0.25) is 0 Å². The number of alkyl halides is 1. The summed E-state index contributed by atoms with van der Waals surface area (Å²) in [6, 6.07) is 3.68. The van der Waals surface area contributed by atoms with E-state index in [1.54, 1.807) is 0 Å². The fourth-order valence-corrected chi connectivity index (χ4v) is 1.61. The van der Waals surface area contributed by atoms with Crippen LogP contribution in [0.5, 0.6) is 0 Å². The molecule has 0 aliphatic heterocycles. The zero-order chi connectivity index (χ0) is 11.3. The van der Waals surface area contributed by atoms with E-state index in [9.17, 15) is 8.78 Å². The van der Waals surface area contributed by atoms with E-state index < -0.39 is 11.6 Å². The zero-order valence-electron chi connectivity index (χ0n) is 8.56. The molecule has 1 nitrogen and oxygen atoms in total. The first-order valence-electron chi connectivity index (χ1n) is 4.90. The fraction of sp³-hybridized carbons (Fsp3) is 0.455. The van der Waals surface area contributed by atoms with Gasteiger partial charge in [-0.15, -0.1) is 11.6 Å². The highest BCUT2D eigenvalue weighted by Gasteiger charge is 2.05. The van der Waals surface area contributed by atoms with Crippen LogP contribution in [0.3, 0.4) is 0 Å². The molecule has 0 saturated carbocycles. The van der Waals surface area contributed by atoms with E-state index in [4.69, 9.17) is 11.6 Å². The molecule has 1 rings (SSSR count). The second-order valence-electron chi connectivity index (χ2n) is 3.42. The molecule has 0 heterocycles. The number of hydrogen-bond acceptors (Lipinski definition) is 1. The van der Waals surface area contributed by atoms with Crippen LogP contribution in [0.15, 0.2) is 18.2 Å². The Bertz CT molecular complexity index is 293. The van der Waals surface area contributed by atoms with Crippen molar-refractivity contribution in [1.29, 1.82) is 0 Å². The van der Waals surface area contributed by atoms with E-state index in [0.29, 0.717) is 18.0 Å². The first-order chi connectivity index (χ1) is 7.15. The largest absolute Gasteiger partial charge is 0.309 e. The van der Waals surface area contributed by atoms with Gasteiger partial charge in [-0.2, -0.15) is 0 Å². The van der Waals surface area contributed by atoms with Gasteiger partial charge < -0.3 is 5.32 Å². The number of nitrogens with one attached hydrogen (secondary N) is 1. The van der Waals surface area contributed by atoms with E-state index in [1.807, 2.05) is 6.92 Å². The summed E-state index contributed by atoms with van der Waals surface area (Å²) in [5.74, 6) is -0.606. The molecule has 1 aromatic rings. The third-order valence-corrected chi connectivity index (χ3v) is 2.57. The standard InChI is InChI=1S/C11H14ClF2N/c1-2-11(6-12)15-7-8-3-9(13)5-10(14)4-8/h3-5,11,15H,2,6-7H2,1H3. The van der Waals surface area contributed by atoms with Crippen molar-refractivity contribution in [1.82, 2.24) is 5.32 Å². The molecule has 1 N–H and O–H groups in total. The minimum Gasteiger partial charge on any atom is -0.309 e. The van der Waals surface area contributed by atoms with Crippen molar-refractivity contribution in [3.05, 3.63) is 35.4 Å². The van der Waals surface area contributed by atoms with Crippen molar-refractivity contribution >= 4 is 11.6 Å². The molecule has 1 unspecified atom stereocenters. The van der Waals surface area contributed by atoms with Crippen LogP contribution < -0.4 is 5.32 Å². The topological polar surface area (TPSA) is 12.0 Å². The summed E-state index contributed by atoms with van der Waals surface area (Å²) < 4.78 is 25.6. The highest BCUT2D eigenvalue weighted by molar-refractivity contribution is 6.18. The van der Waals surface area contributed by atoms with Crippen molar-refractivity contribution in [2.75, 3.05) is 5.88 Å². The molecule has 0 bridgehead atoms. The van der Waals surface area contributed by atoms with Crippen LogP contribution in [-0.4, -0.2) is 11.9 Å². The number of benzene rings is 1. The van der Waals surface area contributed by atoms with Gasteiger partial charge in [-0.05, 0) is 24.1 Å². The quantitative estimate of drug-likeness (QED) is 0.771. The molecule has 4 heteroatoms. The molecule has 0 aliphatic rings. The molecule has 0 radical (unpaired) electrons. The lowest BCUT2D eigenvalue weighted by molar-refractivity contribution is 0.530. The Hall–Kier alpha value is -0.670. The van der Waals surface area contributed by atoms with Crippen molar-refractivity contribution < 1.29 is 8.78 Å². The molecular weight excluding hydrogens is 220 g/mol. The summed E-state index contributed by atoms with van der Waals surface area (Å²) in [6.07, 6.45) is 0.890. The Morgan fingerprint density at radius 2 is 1.87 bits per heavy atom. The normalized spacial score (nSPS) is 12.8. The summed E-state index contributed by atoms with van der Waals surface area (Å²) in [6.45, 7) is 2.44.